The van der Waals surface area contributed by atoms with Gasteiger partial charge in [0.1, 0.15) is 22.3 Å². The van der Waals surface area contributed by atoms with Crippen molar-refractivity contribution >= 4 is 43.9 Å². The molecule has 0 amide bonds. The number of hydrogen-bond acceptors (Lipinski definition) is 8. The van der Waals surface area contributed by atoms with Crippen LogP contribution in [0.4, 0.5) is 0 Å². The van der Waals surface area contributed by atoms with Crippen molar-refractivity contribution in [1.82, 2.24) is 29.9 Å². The lowest BCUT2D eigenvalue weighted by Gasteiger charge is -2.42. The zero-order chi connectivity index (χ0) is 53.8. The number of para-hydroxylation sites is 2. The summed E-state index contributed by atoms with van der Waals surface area (Å²) in [5, 5.41) is 4.02. The second-order valence-corrected chi connectivity index (χ2v) is 21.2. The highest BCUT2D eigenvalue weighted by molar-refractivity contribution is 6.11. The molecule has 0 spiro atoms. The van der Waals surface area contributed by atoms with Crippen LogP contribution in [0.3, 0.4) is 0 Å². The number of hydrogen-bond donors (Lipinski definition) is 0. The van der Waals surface area contributed by atoms with Gasteiger partial charge in [0.15, 0.2) is 11.6 Å². The van der Waals surface area contributed by atoms with Crippen LogP contribution in [0.2, 0.25) is 0 Å². The van der Waals surface area contributed by atoms with Gasteiger partial charge in [-0.05, 0) is 80.9 Å². The molecule has 15 aromatic rings. The van der Waals surface area contributed by atoms with Gasteiger partial charge >= 0.3 is 0 Å². The fourth-order valence-electron chi connectivity index (χ4n) is 13.0. The quantitative estimate of drug-likeness (QED) is 0.148. The SMILES string of the molecule is c1ccc(-c2cc(-c3ccccc3-c3cccc4c3oc3ccncc34)nc(-c3ccc4c(c3)C3c5ccccc5C4c4cc(-c5nc(-c6ccccc6)cc(-c6ccccc6-c6cccc7c6oc6ccncc67)n5)ccc43)n2)cc1. The minimum Gasteiger partial charge on any atom is -0.455 e. The van der Waals surface area contributed by atoms with Crippen molar-refractivity contribution in [2.45, 2.75) is 11.8 Å². The molecule has 382 valence electrons. The molecule has 2 bridgehead atoms. The fourth-order valence-corrected chi connectivity index (χ4v) is 13.0. The molecule has 82 heavy (non-hydrogen) atoms. The molecule has 9 aromatic carbocycles. The lowest BCUT2D eigenvalue weighted by atomic mass is 9.61. The Morgan fingerprint density at radius 2 is 0.659 bits per heavy atom. The molecule has 18 rings (SSSR count). The van der Waals surface area contributed by atoms with Gasteiger partial charge in [-0.25, -0.2) is 19.9 Å². The summed E-state index contributed by atoms with van der Waals surface area (Å²) in [4.78, 5) is 30.5. The molecule has 0 fully saturated rings. The van der Waals surface area contributed by atoms with Crippen molar-refractivity contribution in [1.29, 1.82) is 0 Å². The number of benzene rings is 9. The van der Waals surface area contributed by atoms with E-state index >= 15 is 0 Å². The summed E-state index contributed by atoms with van der Waals surface area (Å²) >= 11 is 0. The van der Waals surface area contributed by atoms with Crippen LogP contribution in [0.25, 0.3) is 134 Å². The van der Waals surface area contributed by atoms with Crippen molar-refractivity contribution < 1.29 is 8.83 Å². The third kappa shape index (κ3) is 7.24. The number of rotatable bonds is 8. The van der Waals surface area contributed by atoms with Gasteiger partial charge in [0.25, 0.3) is 0 Å². The lowest BCUT2D eigenvalue weighted by Crippen LogP contribution is -2.27. The predicted octanol–water partition coefficient (Wildman–Crippen LogP) is 18.2. The van der Waals surface area contributed by atoms with Crippen molar-refractivity contribution in [2.75, 3.05) is 0 Å². The van der Waals surface area contributed by atoms with Crippen LogP contribution in [0, 0.1) is 0 Å². The van der Waals surface area contributed by atoms with E-state index in [0.717, 1.165) is 122 Å². The normalized spacial score (nSPS) is 14.1. The van der Waals surface area contributed by atoms with Gasteiger partial charge < -0.3 is 8.83 Å². The molecule has 8 nitrogen and oxygen atoms in total. The average molecular weight is 1050 g/mol. The van der Waals surface area contributed by atoms with Gasteiger partial charge in [0.2, 0.25) is 0 Å². The van der Waals surface area contributed by atoms with Crippen LogP contribution < -0.4 is 0 Å². The average Bonchev–Trinajstić information content (AvgIpc) is 3.36. The van der Waals surface area contributed by atoms with Crippen molar-refractivity contribution in [3.05, 3.63) is 289 Å². The van der Waals surface area contributed by atoms with Crippen molar-refractivity contribution in [3.8, 4) is 90.1 Å². The van der Waals surface area contributed by atoms with Crippen LogP contribution in [0.15, 0.2) is 264 Å². The van der Waals surface area contributed by atoms with E-state index in [1.54, 1.807) is 12.4 Å². The second kappa shape index (κ2) is 18.3. The second-order valence-electron chi connectivity index (χ2n) is 21.2. The summed E-state index contributed by atoms with van der Waals surface area (Å²) in [5.41, 5.74) is 24.2. The lowest BCUT2D eigenvalue weighted by molar-refractivity contribution is 0.669. The van der Waals surface area contributed by atoms with E-state index in [4.69, 9.17) is 28.8 Å². The monoisotopic (exact) mass is 1050 g/mol. The van der Waals surface area contributed by atoms with Crippen LogP contribution >= 0.6 is 0 Å². The van der Waals surface area contributed by atoms with E-state index in [1.807, 2.05) is 36.7 Å². The maximum Gasteiger partial charge on any atom is 0.160 e. The molecule has 0 N–H and O–H groups in total. The largest absolute Gasteiger partial charge is 0.455 e. The molecule has 2 atom stereocenters. The van der Waals surface area contributed by atoms with Gasteiger partial charge in [-0.1, -0.05) is 194 Å². The molecule has 6 aromatic heterocycles. The minimum atomic E-state index is -0.0204. The van der Waals surface area contributed by atoms with Crippen LogP contribution in [-0.2, 0) is 0 Å². The van der Waals surface area contributed by atoms with E-state index in [9.17, 15) is 0 Å². The highest BCUT2D eigenvalue weighted by Gasteiger charge is 2.42. The molecule has 2 unspecified atom stereocenters. The number of fused-ring (bicyclic) bond motifs is 6. The zero-order valence-electron chi connectivity index (χ0n) is 43.9. The highest BCUT2D eigenvalue weighted by Crippen LogP contribution is 2.57. The summed E-state index contributed by atoms with van der Waals surface area (Å²) in [6, 6.07) is 81.2. The number of pyridine rings is 2. The zero-order valence-corrected chi connectivity index (χ0v) is 43.9. The van der Waals surface area contributed by atoms with Crippen molar-refractivity contribution in [2.24, 2.45) is 0 Å². The molecule has 3 aliphatic carbocycles. The van der Waals surface area contributed by atoms with E-state index < -0.39 is 0 Å². The molecular formula is C74H44N6O2. The Labute approximate surface area is 470 Å². The van der Waals surface area contributed by atoms with E-state index in [2.05, 4.69) is 216 Å². The third-order valence-corrected chi connectivity index (χ3v) is 16.7. The van der Waals surface area contributed by atoms with Gasteiger partial charge in [-0.2, -0.15) is 0 Å². The minimum absolute atomic E-state index is 0.0204. The van der Waals surface area contributed by atoms with Crippen LogP contribution in [0.1, 0.15) is 45.2 Å². The summed E-state index contributed by atoms with van der Waals surface area (Å²) < 4.78 is 13.1. The summed E-state index contributed by atoms with van der Waals surface area (Å²) in [7, 11) is 0. The Hall–Kier alpha value is -11.0. The molecule has 0 saturated carbocycles. The summed E-state index contributed by atoms with van der Waals surface area (Å²) in [6.07, 6.45) is 7.30. The first kappa shape index (κ1) is 46.0. The standard InChI is InChI=1S/C74H44N6O2/c1-3-15-43(16-4-1)63-39-65(49-21-9-7-19-47(49)55-25-13-27-57-61-41-75-35-33-67(61)81-71(55)57)79-73(77-63)45-29-31-53-59(37-45)69-51-23-11-12-24-52(51)70(53)60-38-46(30-32-54(60)69)74-78-64(44-17-5-2-6-18-44)40-66(80-74)50-22-10-8-20-48(50)56-26-14-28-58-62-42-76-36-34-68(62)82-72(56)58/h1-42,69-70H. The Morgan fingerprint density at radius 3 is 1.12 bits per heavy atom. The first-order valence-electron chi connectivity index (χ1n) is 27.6. The summed E-state index contributed by atoms with van der Waals surface area (Å²) in [6.45, 7) is 0. The molecule has 3 aliphatic rings. The predicted molar refractivity (Wildman–Crippen MR) is 326 cm³/mol. The van der Waals surface area contributed by atoms with Crippen LogP contribution in [-0.4, -0.2) is 29.9 Å². The molecule has 0 radical (unpaired) electrons. The molecule has 6 heterocycles. The molecular weight excluding hydrogens is 1000 g/mol. The van der Waals surface area contributed by atoms with Gasteiger partial charge in [-0.3, -0.25) is 9.97 Å². The fraction of sp³-hybridized carbons (Fsp3) is 0.0270. The summed E-state index contributed by atoms with van der Waals surface area (Å²) in [5.74, 6) is 1.28. The van der Waals surface area contributed by atoms with Crippen molar-refractivity contribution in [3.63, 3.8) is 0 Å². The smallest absolute Gasteiger partial charge is 0.160 e. The first-order chi connectivity index (χ1) is 40.6. The number of furan rings is 2. The van der Waals surface area contributed by atoms with Gasteiger partial charge in [-0.15, -0.1) is 0 Å². The first-order valence-corrected chi connectivity index (χ1v) is 27.6. The number of nitrogens with zero attached hydrogens (tertiary/aromatic N) is 6. The molecule has 8 heteroatoms. The van der Waals surface area contributed by atoms with Gasteiger partial charge in [0.05, 0.1) is 22.8 Å². The maximum atomic E-state index is 6.57. The Morgan fingerprint density at radius 1 is 0.268 bits per heavy atom. The van der Waals surface area contributed by atoms with E-state index in [1.165, 1.54) is 33.4 Å². The Balaban J connectivity index is 0.792. The maximum absolute atomic E-state index is 6.57. The Bertz CT molecular complexity index is 4770. The van der Waals surface area contributed by atoms with Gasteiger partial charge in [0, 0.05) is 103 Å². The highest BCUT2D eigenvalue weighted by atomic mass is 16.3. The molecule has 0 saturated heterocycles. The molecule has 0 aliphatic heterocycles. The van der Waals surface area contributed by atoms with E-state index in [0.29, 0.717) is 11.6 Å². The topological polar surface area (TPSA) is 104 Å². The van der Waals surface area contributed by atoms with E-state index in [-0.39, 0.29) is 11.8 Å². The Kier molecular flexibility index (Phi) is 10.3. The van der Waals surface area contributed by atoms with Crippen LogP contribution in [0.5, 0.6) is 0 Å². The third-order valence-electron chi connectivity index (χ3n) is 16.7. The number of aromatic nitrogens is 6.